The van der Waals surface area contributed by atoms with Crippen molar-refractivity contribution in [3.8, 4) is 0 Å². The average Bonchev–Trinajstić information content (AvgIpc) is 2.73. The highest BCUT2D eigenvalue weighted by Crippen LogP contribution is 2.33. The zero-order valence-electron chi connectivity index (χ0n) is 16.1. The quantitative estimate of drug-likeness (QED) is 0.578. The minimum absolute atomic E-state index is 0.275. The summed E-state index contributed by atoms with van der Waals surface area (Å²) in [6.45, 7) is 0.992. The molecule has 1 atom stereocenters. The topological polar surface area (TPSA) is 58.1 Å². The largest absolute Gasteiger partial charge is 0.417 e. The van der Waals surface area contributed by atoms with Gasteiger partial charge in [-0.3, -0.25) is 4.79 Å². The predicted molar refractivity (Wildman–Crippen MR) is 109 cm³/mol. The van der Waals surface area contributed by atoms with Crippen LogP contribution in [0.2, 0.25) is 5.15 Å². The molecule has 1 fully saturated rings. The van der Waals surface area contributed by atoms with Crippen LogP contribution in [0, 0.1) is 5.82 Å². The van der Waals surface area contributed by atoms with Crippen LogP contribution in [0.3, 0.4) is 0 Å². The lowest BCUT2D eigenvalue weighted by Crippen LogP contribution is -2.48. The van der Waals surface area contributed by atoms with Crippen molar-refractivity contribution in [2.24, 2.45) is 0 Å². The van der Waals surface area contributed by atoms with E-state index in [1.165, 1.54) is 0 Å². The maximum Gasteiger partial charge on any atom is 0.417 e. The van der Waals surface area contributed by atoms with Crippen molar-refractivity contribution in [3.63, 3.8) is 0 Å². The number of alkyl halides is 3. The number of benzene rings is 2. The fourth-order valence-electron chi connectivity index (χ4n) is 3.79. The lowest BCUT2D eigenvalue weighted by atomic mass is 10.0. The van der Waals surface area contributed by atoms with Gasteiger partial charge in [0.1, 0.15) is 5.82 Å². The van der Waals surface area contributed by atoms with Gasteiger partial charge in [-0.15, -0.1) is 10.2 Å². The van der Waals surface area contributed by atoms with Crippen LogP contribution in [0.15, 0.2) is 42.5 Å². The van der Waals surface area contributed by atoms with Crippen LogP contribution < -0.4 is 10.2 Å². The molecule has 0 aliphatic carbocycles. The van der Waals surface area contributed by atoms with E-state index in [0.717, 1.165) is 22.9 Å². The van der Waals surface area contributed by atoms with E-state index in [0.29, 0.717) is 37.8 Å². The Hall–Kier alpha value is -2.94. The van der Waals surface area contributed by atoms with E-state index in [1.807, 2.05) is 29.2 Å². The molecule has 0 spiro atoms. The molecule has 1 unspecified atom stereocenters. The summed E-state index contributed by atoms with van der Waals surface area (Å²) < 4.78 is 53.1. The van der Waals surface area contributed by atoms with Gasteiger partial charge in [0, 0.05) is 29.9 Å². The Labute approximate surface area is 180 Å². The molecule has 4 rings (SSSR count). The number of carbonyl (C=O) groups excluding carboxylic acids is 1. The molecule has 2 heterocycles. The van der Waals surface area contributed by atoms with Gasteiger partial charge < -0.3 is 10.2 Å². The van der Waals surface area contributed by atoms with Crippen LogP contribution in [-0.2, 0) is 6.18 Å². The lowest BCUT2D eigenvalue weighted by molar-refractivity contribution is -0.138. The SMILES string of the molecule is O=C(NC1CCCN(c2nnc(Cl)c3ccccc23)C1)c1ccc(F)cc1C(F)(F)F. The summed E-state index contributed by atoms with van der Waals surface area (Å²) in [5.41, 5.74) is -1.91. The Morgan fingerprint density at radius 3 is 2.61 bits per heavy atom. The minimum Gasteiger partial charge on any atom is -0.353 e. The van der Waals surface area contributed by atoms with Crippen LogP contribution in [0.1, 0.15) is 28.8 Å². The molecular formula is C21H17ClF4N4O. The fourth-order valence-corrected chi connectivity index (χ4v) is 3.99. The second-order valence-corrected chi connectivity index (χ2v) is 7.66. The third-order valence-corrected chi connectivity index (χ3v) is 5.49. The van der Waals surface area contributed by atoms with Gasteiger partial charge >= 0.3 is 6.18 Å². The highest BCUT2D eigenvalue weighted by molar-refractivity contribution is 6.34. The van der Waals surface area contributed by atoms with Crippen LogP contribution >= 0.6 is 11.6 Å². The van der Waals surface area contributed by atoms with Crippen LogP contribution in [0.4, 0.5) is 23.4 Å². The molecule has 162 valence electrons. The maximum absolute atomic E-state index is 13.3. The number of aromatic nitrogens is 2. The van der Waals surface area contributed by atoms with Gasteiger partial charge in [-0.2, -0.15) is 13.2 Å². The first-order chi connectivity index (χ1) is 14.7. The summed E-state index contributed by atoms with van der Waals surface area (Å²) in [6.07, 6.45) is -3.56. The standard InChI is InChI=1S/C21H17ClF4N4O/c22-18-14-5-1-2-6-15(14)19(29-28-18)30-9-3-4-13(11-30)27-20(31)16-8-7-12(23)10-17(16)21(24,25)26/h1-2,5-8,10,13H,3-4,9,11H2,(H,27,31). The van der Waals surface area contributed by atoms with E-state index in [2.05, 4.69) is 15.5 Å². The highest BCUT2D eigenvalue weighted by atomic mass is 35.5. The van der Waals surface area contributed by atoms with E-state index in [9.17, 15) is 22.4 Å². The number of anilines is 1. The second-order valence-electron chi connectivity index (χ2n) is 7.31. The fraction of sp³-hybridized carbons (Fsp3) is 0.286. The molecule has 10 heteroatoms. The Morgan fingerprint density at radius 2 is 1.87 bits per heavy atom. The number of carbonyl (C=O) groups is 1. The lowest BCUT2D eigenvalue weighted by Gasteiger charge is -2.34. The summed E-state index contributed by atoms with van der Waals surface area (Å²) in [6, 6.07) is 8.98. The number of hydrogen-bond acceptors (Lipinski definition) is 4. The molecule has 3 aromatic rings. The number of halogens is 5. The van der Waals surface area contributed by atoms with Crippen LogP contribution in [0.25, 0.3) is 10.8 Å². The Bertz CT molecular complexity index is 1140. The number of nitrogens with zero attached hydrogens (tertiary/aromatic N) is 3. The molecule has 31 heavy (non-hydrogen) atoms. The number of amides is 1. The van der Waals surface area contributed by atoms with E-state index in [4.69, 9.17) is 11.6 Å². The van der Waals surface area contributed by atoms with Gasteiger partial charge in [0.2, 0.25) is 0 Å². The number of piperidine rings is 1. The number of nitrogens with one attached hydrogen (secondary N) is 1. The first kappa shape index (κ1) is 21.3. The Morgan fingerprint density at radius 1 is 1.13 bits per heavy atom. The van der Waals surface area contributed by atoms with Crippen molar-refractivity contribution in [1.29, 1.82) is 0 Å². The molecule has 5 nitrogen and oxygen atoms in total. The molecule has 1 aliphatic heterocycles. The molecule has 1 amide bonds. The third kappa shape index (κ3) is 4.41. The van der Waals surface area contributed by atoms with Gasteiger partial charge in [-0.25, -0.2) is 4.39 Å². The summed E-state index contributed by atoms with van der Waals surface area (Å²) in [5.74, 6) is -1.36. The molecule has 0 saturated carbocycles. The molecule has 2 aromatic carbocycles. The molecule has 0 radical (unpaired) electrons. The van der Waals surface area contributed by atoms with Gasteiger partial charge in [0.15, 0.2) is 11.0 Å². The van der Waals surface area contributed by atoms with Gasteiger partial charge in [-0.05, 0) is 31.0 Å². The van der Waals surface area contributed by atoms with Crippen molar-refractivity contribution in [3.05, 3.63) is 64.6 Å². The molecular weight excluding hydrogens is 436 g/mol. The van der Waals surface area contributed by atoms with Gasteiger partial charge in [0.05, 0.1) is 11.1 Å². The van der Waals surface area contributed by atoms with Crippen molar-refractivity contribution in [2.75, 3.05) is 18.0 Å². The van der Waals surface area contributed by atoms with Crippen LogP contribution in [0.5, 0.6) is 0 Å². The smallest absolute Gasteiger partial charge is 0.353 e. The Kier molecular flexibility index (Phi) is 5.70. The van der Waals surface area contributed by atoms with Gasteiger partial charge in [0.25, 0.3) is 5.91 Å². The summed E-state index contributed by atoms with van der Waals surface area (Å²) >= 11 is 6.13. The minimum atomic E-state index is -4.84. The summed E-state index contributed by atoms with van der Waals surface area (Å²) in [7, 11) is 0. The highest BCUT2D eigenvalue weighted by Gasteiger charge is 2.36. The molecule has 1 aromatic heterocycles. The predicted octanol–water partition coefficient (Wildman–Crippen LogP) is 4.84. The van der Waals surface area contributed by atoms with Crippen LogP contribution in [-0.4, -0.2) is 35.2 Å². The normalized spacial score (nSPS) is 17.1. The van der Waals surface area contributed by atoms with E-state index in [-0.39, 0.29) is 5.15 Å². The second kappa shape index (κ2) is 8.30. The molecule has 1 saturated heterocycles. The average molecular weight is 453 g/mol. The summed E-state index contributed by atoms with van der Waals surface area (Å²) in [4.78, 5) is 14.5. The summed E-state index contributed by atoms with van der Waals surface area (Å²) in [5, 5.41) is 12.6. The zero-order chi connectivity index (χ0) is 22.2. The van der Waals surface area contributed by atoms with E-state index in [1.54, 1.807) is 0 Å². The molecule has 0 bridgehead atoms. The number of hydrogen-bond donors (Lipinski definition) is 1. The van der Waals surface area contributed by atoms with Crippen molar-refractivity contribution < 1.29 is 22.4 Å². The zero-order valence-corrected chi connectivity index (χ0v) is 16.8. The maximum atomic E-state index is 13.3. The van der Waals surface area contributed by atoms with E-state index >= 15 is 0 Å². The number of rotatable bonds is 3. The van der Waals surface area contributed by atoms with Crippen molar-refractivity contribution >= 4 is 34.1 Å². The number of fused-ring (bicyclic) bond motifs is 1. The molecule has 1 aliphatic rings. The van der Waals surface area contributed by atoms with Crippen molar-refractivity contribution in [1.82, 2.24) is 15.5 Å². The van der Waals surface area contributed by atoms with E-state index < -0.39 is 35.1 Å². The monoisotopic (exact) mass is 452 g/mol. The third-order valence-electron chi connectivity index (χ3n) is 5.21. The first-order valence-electron chi connectivity index (χ1n) is 9.57. The van der Waals surface area contributed by atoms with Gasteiger partial charge in [-0.1, -0.05) is 35.9 Å². The Balaban J connectivity index is 1.56. The van der Waals surface area contributed by atoms with Crippen molar-refractivity contribution in [2.45, 2.75) is 25.1 Å². The molecule has 1 N–H and O–H groups in total. The first-order valence-corrected chi connectivity index (χ1v) is 9.95.